The minimum absolute atomic E-state index is 0.389. The van der Waals surface area contributed by atoms with E-state index in [1.165, 1.54) is 6.92 Å². The Balaban J connectivity index is 1.92. The van der Waals surface area contributed by atoms with Crippen LogP contribution >= 0.6 is 15.9 Å². The van der Waals surface area contributed by atoms with Gasteiger partial charge in [0.05, 0.1) is 22.3 Å². The lowest BCUT2D eigenvalue weighted by atomic mass is 10.1. The first kappa shape index (κ1) is 18.1. The lowest BCUT2D eigenvalue weighted by Gasteiger charge is -2.12. The number of para-hydroxylation sites is 1. The molecule has 0 aliphatic heterocycles. The molecule has 0 unspecified atom stereocenters. The molecular formula is C21H18BrNO3. The van der Waals surface area contributed by atoms with Crippen molar-refractivity contribution in [3.8, 4) is 11.5 Å². The summed E-state index contributed by atoms with van der Waals surface area (Å²) in [5.74, 6) is 0.513. The van der Waals surface area contributed by atoms with Crippen molar-refractivity contribution in [1.82, 2.24) is 4.98 Å². The molecule has 0 atom stereocenters. The van der Waals surface area contributed by atoms with Crippen molar-refractivity contribution in [2.24, 2.45) is 0 Å². The number of benzene rings is 2. The quantitative estimate of drug-likeness (QED) is 0.411. The molecule has 0 bridgehead atoms. The SMILES string of the molecule is CCOc1cc(C=Cc2ccc3ccccc3n2)cc(Br)c1OC(C)=O. The molecule has 3 rings (SSSR count). The highest BCUT2D eigenvalue weighted by molar-refractivity contribution is 9.10. The molecule has 0 saturated carbocycles. The number of fused-ring (bicyclic) bond motifs is 1. The largest absolute Gasteiger partial charge is 0.490 e. The zero-order chi connectivity index (χ0) is 18.5. The molecule has 2 aromatic carbocycles. The molecule has 0 aliphatic rings. The van der Waals surface area contributed by atoms with Gasteiger partial charge in [0, 0.05) is 12.3 Å². The van der Waals surface area contributed by atoms with E-state index in [0.29, 0.717) is 22.6 Å². The van der Waals surface area contributed by atoms with Crippen molar-refractivity contribution in [3.05, 3.63) is 64.3 Å². The number of carbonyl (C=O) groups is 1. The first-order valence-electron chi connectivity index (χ1n) is 8.25. The summed E-state index contributed by atoms with van der Waals surface area (Å²) in [5, 5.41) is 1.11. The molecule has 5 heteroatoms. The molecule has 26 heavy (non-hydrogen) atoms. The molecule has 0 N–H and O–H groups in total. The van der Waals surface area contributed by atoms with Gasteiger partial charge in [-0.25, -0.2) is 4.98 Å². The predicted octanol–water partition coefficient (Wildman–Crippen LogP) is 5.49. The van der Waals surface area contributed by atoms with Crippen LogP contribution in [0, 0.1) is 0 Å². The van der Waals surface area contributed by atoms with Crippen molar-refractivity contribution in [3.63, 3.8) is 0 Å². The molecular weight excluding hydrogens is 394 g/mol. The normalized spacial score (nSPS) is 11.0. The van der Waals surface area contributed by atoms with Crippen LogP contribution in [0.2, 0.25) is 0 Å². The maximum Gasteiger partial charge on any atom is 0.308 e. The summed E-state index contributed by atoms with van der Waals surface area (Å²) in [5.41, 5.74) is 2.73. The first-order valence-corrected chi connectivity index (χ1v) is 9.04. The van der Waals surface area contributed by atoms with Crippen LogP contribution in [-0.4, -0.2) is 17.6 Å². The van der Waals surface area contributed by atoms with Crippen LogP contribution in [0.4, 0.5) is 0 Å². The summed E-state index contributed by atoms with van der Waals surface area (Å²) in [7, 11) is 0. The van der Waals surface area contributed by atoms with Crippen LogP contribution < -0.4 is 9.47 Å². The Kier molecular flexibility index (Phi) is 5.68. The highest BCUT2D eigenvalue weighted by atomic mass is 79.9. The van der Waals surface area contributed by atoms with Gasteiger partial charge in [0.15, 0.2) is 11.5 Å². The minimum Gasteiger partial charge on any atom is -0.490 e. The van der Waals surface area contributed by atoms with Crippen LogP contribution in [0.3, 0.4) is 0 Å². The van der Waals surface area contributed by atoms with E-state index in [4.69, 9.17) is 9.47 Å². The Bertz CT molecular complexity index is 982. The van der Waals surface area contributed by atoms with Crippen molar-refractivity contribution >= 4 is 45.0 Å². The molecule has 3 aromatic rings. The zero-order valence-corrected chi connectivity index (χ0v) is 16.1. The highest BCUT2D eigenvalue weighted by Crippen LogP contribution is 2.37. The van der Waals surface area contributed by atoms with Crippen molar-refractivity contribution in [2.45, 2.75) is 13.8 Å². The van der Waals surface area contributed by atoms with E-state index in [2.05, 4.69) is 20.9 Å². The lowest BCUT2D eigenvalue weighted by Crippen LogP contribution is -2.05. The molecule has 1 heterocycles. The smallest absolute Gasteiger partial charge is 0.308 e. The van der Waals surface area contributed by atoms with Gasteiger partial charge in [0.1, 0.15) is 0 Å². The van der Waals surface area contributed by atoms with Crippen LogP contribution in [0.5, 0.6) is 11.5 Å². The fourth-order valence-electron chi connectivity index (χ4n) is 2.55. The molecule has 0 amide bonds. The monoisotopic (exact) mass is 411 g/mol. The standard InChI is InChI=1S/C21H18BrNO3/c1-3-25-20-13-15(12-18(22)21(20)26-14(2)24)8-10-17-11-9-16-6-4-5-7-19(16)23-17/h4-13H,3H2,1-2H3. The fraction of sp³-hybridized carbons (Fsp3) is 0.143. The van der Waals surface area contributed by atoms with E-state index >= 15 is 0 Å². The third-order valence-electron chi connectivity index (χ3n) is 3.64. The summed E-state index contributed by atoms with van der Waals surface area (Å²) >= 11 is 3.45. The van der Waals surface area contributed by atoms with Crippen molar-refractivity contribution in [1.29, 1.82) is 0 Å². The topological polar surface area (TPSA) is 48.4 Å². The maximum atomic E-state index is 11.3. The van der Waals surface area contributed by atoms with Gasteiger partial charge >= 0.3 is 5.97 Å². The Morgan fingerprint density at radius 3 is 2.73 bits per heavy atom. The number of hydrogen-bond acceptors (Lipinski definition) is 4. The third-order valence-corrected chi connectivity index (χ3v) is 4.23. The summed E-state index contributed by atoms with van der Waals surface area (Å²) in [6.07, 6.45) is 3.89. The van der Waals surface area contributed by atoms with Gasteiger partial charge in [-0.1, -0.05) is 30.3 Å². The number of carbonyl (C=O) groups excluding carboxylic acids is 1. The van der Waals surface area contributed by atoms with E-state index in [1.807, 2.05) is 67.6 Å². The number of rotatable bonds is 5. The second-order valence-electron chi connectivity index (χ2n) is 5.62. The molecule has 132 valence electrons. The van der Waals surface area contributed by atoms with E-state index in [9.17, 15) is 4.79 Å². The van der Waals surface area contributed by atoms with Gasteiger partial charge in [-0.15, -0.1) is 0 Å². The maximum absolute atomic E-state index is 11.3. The molecule has 1 aromatic heterocycles. The van der Waals surface area contributed by atoms with E-state index in [-0.39, 0.29) is 0 Å². The Morgan fingerprint density at radius 1 is 1.15 bits per heavy atom. The average Bonchev–Trinajstić information content (AvgIpc) is 2.62. The molecule has 0 radical (unpaired) electrons. The Labute approximate surface area is 160 Å². The first-order chi connectivity index (χ1) is 12.6. The molecule has 4 nitrogen and oxygen atoms in total. The fourth-order valence-corrected chi connectivity index (χ4v) is 3.09. The second kappa shape index (κ2) is 8.15. The third kappa shape index (κ3) is 4.29. The number of pyridine rings is 1. The van der Waals surface area contributed by atoms with E-state index in [0.717, 1.165) is 22.2 Å². The average molecular weight is 412 g/mol. The molecule has 0 fully saturated rings. The second-order valence-corrected chi connectivity index (χ2v) is 6.47. The van der Waals surface area contributed by atoms with Gasteiger partial charge < -0.3 is 9.47 Å². The summed E-state index contributed by atoms with van der Waals surface area (Å²) in [6.45, 7) is 3.72. The van der Waals surface area contributed by atoms with Gasteiger partial charge in [-0.2, -0.15) is 0 Å². The summed E-state index contributed by atoms with van der Waals surface area (Å²) in [4.78, 5) is 15.9. The molecule has 0 saturated heterocycles. The van der Waals surface area contributed by atoms with Gasteiger partial charge in [-0.05, 0) is 58.8 Å². The van der Waals surface area contributed by atoms with Gasteiger partial charge in [0.25, 0.3) is 0 Å². The lowest BCUT2D eigenvalue weighted by molar-refractivity contribution is -0.132. The van der Waals surface area contributed by atoms with Crippen LogP contribution in [-0.2, 0) is 4.79 Å². The van der Waals surface area contributed by atoms with Crippen LogP contribution in [0.25, 0.3) is 23.1 Å². The van der Waals surface area contributed by atoms with Gasteiger partial charge in [-0.3, -0.25) is 4.79 Å². The molecule has 0 spiro atoms. The Morgan fingerprint density at radius 2 is 1.96 bits per heavy atom. The predicted molar refractivity (Wildman–Crippen MR) is 107 cm³/mol. The zero-order valence-electron chi connectivity index (χ0n) is 14.5. The number of ether oxygens (including phenoxy) is 2. The number of aromatic nitrogens is 1. The number of hydrogen-bond donors (Lipinski definition) is 0. The minimum atomic E-state index is -0.393. The summed E-state index contributed by atoms with van der Waals surface area (Å²) in [6, 6.07) is 15.7. The number of nitrogens with zero attached hydrogens (tertiary/aromatic N) is 1. The number of halogens is 1. The molecule has 0 aliphatic carbocycles. The van der Waals surface area contributed by atoms with Crippen LogP contribution in [0.15, 0.2) is 53.0 Å². The Hall–Kier alpha value is -2.66. The summed E-state index contributed by atoms with van der Waals surface area (Å²) < 4.78 is 11.5. The van der Waals surface area contributed by atoms with Crippen molar-refractivity contribution in [2.75, 3.05) is 6.61 Å². The highest BCUT2D eigenvalue weighted by Gasteiger charge is 2.13. The van der Waals surface area contributed by atoms with E-state index < -0.39 is 5.97 Å². The number of esters is 1. The van der Waals surface area contributed by atoms with E-state index in [1.54, 1.807) is 0 Å². The van der Waals surface area contributed by atoms with Crippen molar-refractivity contribution < 1.29 is 14.3 Å². The van der Waals surface area contributed by atoms with Crippen LogP contribution in [0.1, 0.15) is 25.1 Å². The van der Waals surface area contributed by atoms with Gasteiger partial charge in [0.2, 0.25) is 0 Å².